The summed E-state index contributed by atoms with van der Waals surface area (Å²) in [5.41, 5.74) is 3.40. The fraction of sp³-hybridized carbons (Fsp3) is 0. The molecule has 0 amide bonds. The molecule has 0 atom stereocenters. The van der Waals surface area contributed by atoms with E-state index in [1.165, 1.54) is 16.7 Å². The number of nitrogens with zero attached hydrogens (tertiary/aromatic N) is 3. The van der Waals surface area contributed by atoms with E-state index in [9.17, 15) is 4.79 Å². The third-order valence-corrected chi connectivity index (χ3v) is 5.43. The van der Waals surface area contributed by atoms with Crippen LogP contribution in [0, 0.1) is 0 Å². The third kappa shape index (κ3) is 3.02. The lowest BCUT2D eigenvalue weighted by Crippen LogP contribution is -2.13. The topological polar surface area (TPSA) is 47.3 Å². The van der Waals surface area contributed by atoms with Gasteiger partial charge in [0.2, 0.25) is 0 Å². The molecule has 0 saturated carbocycles. The lowest BCUT2D eigenvalue weighted by Gasteiger charge is -2.04. The predicted molar refractivity (Wildman–Crippen MR) is 115 cm³/mol. The monoisotopic (exact) mass is 381 g/mol. The second kappa shape index (κ2) is 6.87. The molecule has 3 aromatic heterocycles. The molecule has 0 radical (unpaired) electrons. The van der Waals surface area contributed by atoms with Crippen LogP contribution in [0.3, 0.4) is 0 Å². The van der Waals surface area contributed by atoms with Gasteiger partial charge in [0.15, 0.2) is 4.96 Å². The van der Waals surface area contributed by atoms with Crippen molar-refractivity contribution in [2.45, 2.75) is 0 Å². The molecule has 2 aromatic carbocycles. The minimum absolute atomic E-state index is 0.0831. The van der Waals surface area contributed by atoms with Crippen molar-refractivity contribution in [2.24, 2.45) is 0 Å². The molecule has 0 fully saturated rings. The number of pyridine rings is 1. The molecule has 0 unspecified atom stereocenters. The number of rotatable bonds is 3. The summed E-state index contributed by atoms with van der Waals surface area (Å²) in [6.07, 6.45) is 7.25. The lowest BCUT2D eigenvalue weighted by atomic mass is 10.1. The average molecular weight is 381 g/mol. The summed E-state index contributed by atoms with van der Waals surface area (Å²) in [4.78, 5) is 22.2. The van der Waals surface area contributed by atoms with E-state index in [0.717, 1.165) is 22.2 Å². The molecule has 0 spiro atoms. The lowest BCUT2D eigenvalue weighted by molar-refractivity contribution is 1.08. The van der Waals surface area contributed by atoms with Crippen LogP contribution in [0.4, 0.5) is 0 Å². The quantitative estimate of drug-likeness (QED) is 0.435. The van der Waals surface area contributed by atoms with Gasteiger partial charge in [-0.05, 0) is 34.5 Å². The van der Waals surface area contributed by atoms with Crippen LogP contribution in [0.25, 0.3) is 39.1 Å². The molecule has 5 heteroatoms. The summed E-state index contributed by atoms with van der Waals surface area (Å²) in [6.45, 7) is 0. The first-order valence-electron chi connectivity index (χ1n) is 8.86. The van der Waals surface area contributed by atoms with Crippen LogP contribution < -0.4 is 5.56 Å². The fourth-order valence-electron chi connectivity index (χ4n) is 3.23. The van der Waals surface area contributed by atoms with Crippen LogP contribution in [0.1, 0.15) is 11.3 Å². The van der Waals surface area contributed by atoms with Gasteiger partial charge in [-0.25, -0.2) is 4.98 Å². The largest absolute Gasteiger partial charge is 0.269 e. The van der Waals surface area contributed by atoms with Crippen molar-refractivity contribution in [1.29, 1.82) is 0 Å². The van der Waals surface area contributed by atoms with Crippen LogP contribution in [-0.4, -0.2) is 14.4 Å². The molecule has 0 saturated heterocycles. The zero-order valence-corrected chi connectivity index (χ0v) is 15.6. The normalized spacial score (nSPS) is 11.6. The zero-order valence-electron chi connectivity index (χ0n) is 14.8. The van der Waals surface area contributed by atoms with E-state index >= 15 is 0 Å². The summed E-state index contributed by atoms with van der Waals surface area (Å²) in [6, 6.07) is 19.8. The summed E-state index contributed by atoms with van der Waals surface area (Å²) >= 11 is 1.47. The molecule has 0 bridgehead atoms. The van der Waals surface area contributed by atoms with Crippen molar-refractivity contribution in [2.75, 3.05) is 0 Å². The van der Waals surface area contributed by atoms with Gasteiger partial charge in [0.05, 0.1) is 11.4 Å². The second-order valence-electron chi connectivity index (χ2n) is 6.44. The van der Waals surface area contributed by atoms with Crippen molar-refractivity contribution in [3.63, 3.8) is 0 Å². The SMILES string of the molecule is O=c1cc(/C=C/c2cccnc2)nc2scc(-c3ccc4ccccc4c3)n12. The molecule has 5 aromatic rings. The Labute approximate surface area is 165 Å². The first-order chi connectivity index (χ1) is 13.8. The van der Waals surface area contributed by atoms with Gasteiger partial charge >= 0.3 is 0 Å². The maximum atomic E-state index is 12.8. The van der Waals surface area contributed by atoms with Crippen molar-refractivity contribution >= 4 is 39.2 Å². The smallest absolute Gasteiger partial charge is 0.259 e. The van der Waals surface area contributed by atoms with Crippen molar-refractivity contribution < 1.29 is 0 Å². The summed E-state index contributed by atoms with van der Waals surface area (Å²) < 4.78 is 1.68. The van der Waals surface area contributed by atoms with Gasteiger partial charge in [-0.2, -0.15) is 0 Å². The third-order valence-electron chi connectivity index (χ3n) is 4.60. The molecule has 0 aliphatic heterocycles. The van der Waals surface area contributed by atoms with Crippen LogP contribution in [-0.2, 0) is 0 Å². The molecule has 0 aliphatic rings. The zero-order chi connectivity index (χ0) is 18.9. The number of hydrogen-bond acceptors (Lipinski definition) is 4. The van der Waals surface area contributed by atoms with E-state index in [2.05, 4.69) is 34.2 Å². The number of fused-ring (bicyclic) bond motifs is 2. The fourth-order valence-corrected chi connectivity index (χ4v) is 4.14. The molecule has 0 aliphatic carbocycles. The van der Waals surface area contributed by atoms with Crippen LogP contribution >= 0.6 is 11.3 Å². The number of thiazole rings is 1. The second-order valence-corrected chi connectivity index (χ2v) is 7.28. The van der Waals surface area contributed by atoms with Crippen molar-refractivity contribution in [1.82, 2.24) is 14.4 Å². The Morgan fingerprint density at radius 1 is 0.929 bits per heavy atom. The molecule has 28 heavy (non-hydrogen) atoms. The Morgan fingerprint density at radius 3 is 2.68 bits per heavy atom. The van der Waals surface area contributed by atoms with E-state index < -0.39 is 0 Å². The first kappa shape index (κ1) is 16.6. The van der Waals surface area contributed by atoms with Gasteiger partial charge in [0, 0.05) is 29.4 Å². The van der Waals surface area contributed by atoms with E-state index in [1.54, 1.807) is 22.9 Å². The Morgan fingerprint density at radius 2 is 1.82 bits per heavy atom. The number of hydrogen-bond donors (Lipinski definition) is 0. The highest BCUT2D eigenvalue weighted by atomic mass is 32.1. The van der Waals surface area contributed by atoms with E-state index in [-0.39, 0.29) is 5.56 Å². The molecular weight excluding hydrogens is 366 g/mol. The van der Waals surface area contributed by atoms with E-state index in [1.807, 2.05) is 47.9 Å². The Bertz CT molecular complexity index is 1380. The molecule has 134 valence electrons. The number of aromatic nitrogens is 3. The standard InChI is InChI=1S/C23H15N3OS/c27-22-13-20(10-7-16-4-3-11-24-14-16)25-23-26(22)21(15-28-23)19-9-8-17-5-1-2-6-18(17)12-19/h1-15H/b10-7+. The molecule has 5 rings (SSSR count). The first-order valence-corrected chi connectivity index (χ1v) is 9.74. The summed E-state index contributed by atoms with van der Waals surface area (Å²) in [7, 11) is 0. The van der Waals surface area contributed by atoms with Gasteiger partial charge in [-0.3, -0.25) is 14.2 Å². The highest BCUT2D eigenvalue weighted by Crippen LogP contribution is 2.27. The number of benzene rings is 2. The molecular formula is C23H15N3OS. The highest BCUT2D eigenvalue weighted by molar-refractivity contribution is 7.15. The van der Waals surface area contributed by atoms with Crippen LogP contribution in [0.15, 0.2) is 83.2 Å². The Balaban J connectivity index is 1.58. The van der Waals surface area contributed by atoms with E-state index in [4.69, 9.17) is 0 Å². The van der Waals surface area contributed by atoms with Gasteiger partial charge < -0.3 is 0 Å². The van der Waals surface area contributed by atoms with Crippen molar-refractivity contribution in [3.05, 3.63) is 100 Å². The van der Waals surface area contributed by atoms with Gasteiger partial charge in [-0.15, -0.1) is 11.3 Å². The minimum atomic E-state index is -0.0831. The van der Waals surface area contributed by atoms with Crippen LogP contribution in [0.5, 0.6) is 0 Å². The summed E-state index contributed by atoms with van der Waals surface area (Å²) in [5, 5.41) is 4.32. The molecule has 0 N–H and O–H groups in total. The Kier molecular flexibility index (Phi) is 4.07. The maximum Gasteiger partial charge on any atom is 0.259 e. The van der Waals surface area contributed by atoms with Gasteiger partial charge in [-0.1, -0.05) is 48.5 Å². The Hall–Kier alpha value is -3.57. The van der Waals surface area contributed by atoms with Crippen molar-refractivity contribution in [3.8, 4) is 11.3 Å². The average Bonchev–Trinajstić information content (AvgIpc) is 3.17. The minimum Gasteiger partial charge on any atom is -0.269 e. The van der Waals surface area contributed by atoms with Crippen LogP contribution in [0.2, 0.25) is 0 Å². The van der Waals surface area contributed by atoms with Gasteiger partial charge in [0.1, 0.15) is 0 Å². The maximum absolute atomic E-state index is 12.8. The molecule has 4 nitrogen and oxygen atoms in total. The van der Waals surface area contributed by atoms with E-state index in [0.29, 0.717) is 10.7 Å². The molecule has 3 heterocycles. The summed E-state index contributed by atoms with van der Waals surface area (Å²) in [5.74, 6) is 0. The van der Waals surface area contributed by atoms with Gasteiger partial charge in [0.25, 0.3) is 5.56 Å². The predicted octanol–water partition coefficient (Wildman–Crippen LogP) is 5.14. The highest BCUT2D eigenvalue weighted by Gasteiger charge is 2.10.